The molecule has 0 fully saturated rings. The van der Waals surface area contributed by atoms with Gasteiger partial charge in [-0.25, -0.2) is 0 Å². The second-order valence-electron chi connectivity index (χ2n) is 5.03. The van der Waals surface area contributed by atoms with Gasteiger partial charge in [-0.2, -0.15) is 0 Å². The van der Waals surface area contributed by atoms with E-state index in [4.69, 9.17) is 16.3 Å². The van der Waals surface area contributed by atoms with Crippen LogP contribution in [-0.4, -0.2) is 31.1 Å². The Morgan fingerprint density at radius 2 is 2.24 bits per heavy atom. The summed E-state index contributed by atoms with van der Waals surface area (Å²) in [6.07, 6.45) is 0.955. The number of hydrogen-bond donors (Lipinski definition) is 0. The van der Waals surface area contributed by atoms with Crippen LogP contribution in [0.3, 0.4) is 0 Å². The Kier molecular flexibility index (Phi) is 4.29. The molecule has 3 nitrogen and oxygen atoms in total. The Bertz CT molecular complexity index is 655. The van der Waals surface area contributed by atoms with Crippen LogP contribution in [0.2, 0.25) is 5.02 Å². The van der Waals surface area contributed by atoms with Gasteiger partial charge in [0.2, 0.25) is 0 Å². The summed E-state index contributed by atoms with van der Waals surface area (Å²) in [4.78, 5) is 15.1. The van der Waals surface area contributed by atoms with E-state index in [0.717, 1.165) is 23.6 Å². The number of esters is 1. The summed E-state index contributed by atoms with van der Waals surface area (Å²) in [5.41, 5.74) is 2.40. The first-order valence-corrected chi connectivity index (χ1v) is 8.08. The van der Waals surface area contributed by atoms with E-state index < -0.39 is 0 Å². The Labute approximate surface area is 133 Å². The fourth-order valence-corrected chi connectivity index (χ4v) is 4.13. The van der Waals surface area contributed by atoms with Crippen molar-refractivity contribution in [2.24, 2.45) is 0 Å². The summed E-state index contributed by atoms with van der Waals surface area (Å²) < 4.78 is 4.83. The number of ether oxygens (including phenoxy) is 1. The van der Waals surface area contributed by atoms with Gasteiger partial charge in [0, 0.05) is 16.4 Å². The summed E-state index contributed by atoms with van der Waals surface area (Å²) in [5, 5.41) is 2.84. The molecule has 0 aliphatic carbocycles. The topological polar surface area (TPSA) is 29.5 Å². The van der Waals surface area contributed by atoms with Gasteiger partial charge in [0.15, 0.2) is 0 Å². The van der Waals surface area contributed by atoms with Gasteiger partial charge in [-0.15, -0.1) is 11.3 Å². The van der Waals surface area contributed by atoms with E-state index in [9.17, 15) is 4.79 Å². The normalized spacial score (nSPS) is 18.3. The second-order valence-corrected chi connectivity index (χ2v) is 6.39. The zero-order valence-electron chi connectivity index (χ0n) is 11.7. The van der Waals surface area contributed by atoms with Gasteiger partial charge < -0.3 is 4.74 Å². The van der Waals surface area contributed by atoms with E-state index in [1.807, 2.05) is 24.3 Å². The predicted molar refractivity (Wildman–Crippen MR) is 84.9 cm³/mol. The van der Waals surface area contributed by atoms with Gasteiger partial charge in [0.05, 0.1) is 19.7 Å². The third-order valence-electron chi connectivity index (χ3n) is 3.82. The van der Waals surface area contributed by atoms with Crippen LogP contribution >= 0.6 is 22.9 Å². The number of thiophene rings is 1. The molecule has 1 aromatic carbocycles. The molecule has 0 N–H and O–H groups in total. The minimum Gasteiger partial charge on any atom is -0.468 e. The first kappa shape index (κ1) is 14.6. The molecule has 0 amide bonds. The van der Waals surface area contributed by atoms with Crippen LogP contribution in [0.5, 0.6) is 0 Å². The maximum Gasteiger partial charge on any atom is 0.319 e. The Morgan fingerprint density at radius 3 is 3.00 bits per heavy atom. The average molecular weight is 322 g/mol. The van der Waals surface area contributed by atoms with Gasteiger partial charge in [-0.05, 0) is 35.1 Å². The van der Waals surface area contributed by atoms with Crippen molar-refractivity contribution in [1.29, 1.82) is 0 Å². The Morgan fingerprint density at radius 1 is 1.43 bits per heavy atom. The summed E-state index contributed by atoms with van der Waals surface area (Å²) in [5.74, 6) is -0.216. The quantitative estimate of drug-likeness (QED) is 0.810. The van der Waals surface area contributed by atoms with E-state index in [1.165, 1.54) is 17.6 Å². The number of halogens is 1. The molecule has 1 atom stereocenters. The molecule has 110 valence electrons. The standard InChI is InChI=1S/C16H16ClNO2S/c1-20-14(19)10-18-8-6-11-7-9-21-16(11)15(18)12-4-2-3-5-13(12)17/h2-5,7,9,15H,6,8,10H2,1H3/t15-/m0/s1. The molecule has 1 aromatic heterocycles. The summed E-state index contributed by atoms with van der Waals surface area (Å²) in [7, 11) is 1.42. The molecule has 1 aliphatic heterocycles. The number of methoxy groups -OCH3 is 1. The summed E-state index contributed by atoms with van der Waals surface area (Å²) in [6.45, 7) is 1.11. The van der Waals surface area contributed by atoms with E-state index >= 15 is 0 Å². The van der Waals surface area contributed by atoms with Crippen LogP contribution in [0.25, 0.3) is 0 Å². The zero-order chi connectivity index (χ0) is 14.8. The highest BCUT2D eigenvalue weighted by Crippen LogP contribution is 2.40. The second kappa shape index (κ2) is 6.18. The Hall–Kier alpha value is -1.36. The lowest BCUT2D eigenvalue weighted by Crippen LogP contribution is -2.39. The molecule has 3 rings (SSSR count). The minimum atomic E-state index is -0.216. The number of hydrogen-bond acceptors (Lipinski definition) is 4. The molecular formula is C16H16ClNO2S. The maximum absolute atomic E-state index is 11.7. The lowest BCUT2D eigenvalue weighted by Gasteiger charge is -2.35. The van der Waals surface area contributed by atoms with Crippen molar-refractivity contribution in [3.8, 4) is 0 Å². The number of nitrogens with zero attached hydrogens (tertiary/aromatic N) is 1. The van der Waals surface area contributed by atoms with E-state index in [1.54, 1.807) is 11.3 Å². The van der Waals surface area contributed by atoms with Gasteiger partial charge in [-0.3, -0.25) is 9.69 Å². The first-order chi connectivity index (χ1) is 10.2. The highest BCUT2D eigenvalue weighted by Gasteiger charge is 2.32. The third-order valence-corrected chi connectivity index (χ3v) is 5.18. The van der Waals surface area contributed by atoms with Crippen molar-refractivity contribution in [2.45, 2.75) is 12.5 Å². The number of carbonyl (C=O) groups is 1. The molecule has 2 aromatic rings. The predicted octanol–water partition coefficient (Wildman–Crippen LogP) is 3.52. The monoisotopic (exact) mass is 321 g/mol. The third kappa shape index (κ3) is 2.84. The molecule has 5 heteroatoms. The summed E-state index contributed by atoms with van der Waals surface area (Å²) >= 11 is 8.11. The smallest absolute Gasteiger partial charge is 0.319 e. The number of fused-ring (bicyclic) bond motifs is 1. The van der Waals surface area contributed by atoms with Crippen molar-refractivity contribution in [3.05, 3.63) is 56.7 Å². The maximum atomic E-state index is 11.7. The molecule has 0 unspecified atom stereocenters. The van der Waals surface area contributed by atoms with Crippen LogP contribution < -0.4 is 0 Å². The molecule has 0 spiro atoms. The van der Waals surface area contributed by atoms with Crippen molar-refractivity contribution in [1.82, 2.24) is 4.90 Å². The molecule has 0 saturated carbocycles. The molecular weight excluding hydrogens is 306 g/mol. The average Bonchev–Trinajstić information content (AvgIpc) is 2.96. The summed E-state index contributed by atoms with van der Waals surface area (Å²) in [6, 6.07) is 10.0. The van der Waals surface area contributed by atoms with Crippen molar-refractivity contribution >= 4 is 28.9 Å². The highest BCUT2D eigenvalue weighted by molar-refractivity contribution is 7.10. The molecule has 0 radical (unpaired) electrons. The van der Waals surface area contributed by atoms with Crippen molar-refractivity contribution in [2.75, 3.05) is 20.2 Å². The van der Waals surface area contributed by atoms with E-state index in [0.29, 0.717) is 0 Å². The lowest BCUT2D eigenvalue weighted by molar-refractivity contribution is -0.142. The van der Waals surface area contributed by atoms with Crippen LogP contribution in [0.4, 0.5) is 0 Å². The van der Waals surface area contributed by atoms with Crippen LogP contribution in [0, 0.1) is 0 Å². The zero-order valence-corrected chi connectivity index (χ0v) is 13.3. The number of rotatable bonds is 3. The highest BCUT2D eigenvalue weighted by atomic mass is 35.5. The number of carbonyl (C=O) groups excluding carboxylic acids is 1. The van der Waals surface area contributed by atoms with Crippen molar-refractivity contribution < 1.29 is 9.53 Å². The first-order valence-electron chi connectivity index (χ1n) is 6.82. The van der Waals surface area contributed by atoms with Gasteiger partial charge in [0.1, 0.15) is 0 Å². The van der Waals surface area contributed by atoms with Gasteiger partial charge in [0.25, 0.3) is 0 Å². The fourth-order valence-electron chi connectivity index (χ4n) is 2.79. The molecule has 0 bridgehead atoms. The number of benzene rings is 1. The largest absolute Gasteiger partial charge is 0.468 e. The minimum absolute atomic E-state index is 0.0292. The SMILES string of the molecule is COC(=O)CN1CCc2ccsc2[C@@H]1c1ccccc1Cl. The van der Waals surface area contributed by atoms with Crippen LogP contribution in [-0.2, 0) is 16.0 Å². The van der Waals surface area contributed by atoms with Crippen LogP contribution in [0.15, 0.2) is 35.7 Å². The van der Waals surface area contributed by atoms with Crippen LogP contribution in [0.1, 0.15) is 22.0 Å². The van der Waals surface area contributed by atoms with Gasteiger partial charge >= 0.3 is 5.97 Å². The molecule has 1 aliphatic rings. The van der Waals surface area contributed by atoms with Gasteiger partial charge in [-0.1, -0.05) is 29.8 Å². The molecule has 0 saturated heterocycles. The lowest BCUT2D eigenvalue weighted by atomic mass is 9.95. The van der Waals surface area contributed by atoms with E-state index in [2.05, 4.69) is 16.3 Å². The molecule has 2 heterocycles. The van der Waals surface area contributed by atoms with E-state index in [-0.39, 0.29) is 18.6 Å². The molecule has 21 heavy (non-hydrogen) atoms. The fraction of sp³-hybridized carbons (Fsp3) is 0.312. The Balaban J connectivity index is 2.02. The van der Waals surface area contributed by atoms with Crippen molar-refractivity contribution in [3.63, 3.8) is 0 Å².